The third-order valence-electron chi connectivity index (χ3n) is 4.89. The van der Waals surface area contributed by atoms with Crippen molar-refractivity contribution in [2.45, 2.75) is 13.0 Å². The molecule has 1 atom stereocenters. The monoisotopic (exact) mass is 386 g/mol. The fourth-order valence-corrected chi connectivity index (χ4v) is 3.33. The Labute approximate surface area is 167 Å². The van der Waals surface area contributed by atoms with Crippen LogP contribution in [0.15, 0.2) is 71.3 Å². The van der Waals surface area contributed by atoms with Crippen LogP contribution in [0.1, 0.15) is 17.7 Å². The number of benzene rings is 2. The van der Waals surface area contributed by atoms with E-state index in [4.69, 9.17) is 14.4 Å². The van der Waals surface area contributed by atoms with Crippen molar-refractivity contribution in [2.24, 2.45) is 5.92 Å². The maximum Gasteiger partial charge on any atom is 0.316 e. The average molecular weight is 386 g/mol. The third kappa shape index (κ3) is 4.19. The number of likely N-dealkylation sites (tertiary alicyclic amines) is 1. The molecule has 3 aromatic rings. The van der Waals surface area contributed by atoms with Gasteiger partial charge in [0.05, 0.1) is 30.4 Å². The van der Waals surface area contributed by atoms with Crippen molar-refractivity contribution in [2.75, 3.05) is 6.54 Å². The number of hydrogen-bond donors (Lipinski definition) is 0. The van der Waals surface area contributed by atoms with Gasteiger partial charge in [-0.3, -0.25) is 9.59 Å². The van der Waals surface area contributed by atoms with Crippen molar-refractivity contribution in [3.8, 4) is 22.9 Å². The number of amides is 1. The second-order valence-electron chi connectivity index (χ2n) is 6.89. The summed E-state index contributed by atoms with van der Waals surface area (Å²) in [6, 6.07) is 20.1. The summed E-state index contributed by atoms with van der Waals surface area (Å²) < 4.78 is 10.7. The first kappa shape index (κ1) is 18.5. The molecule has 0 aliphatic carbocycles. The highest BCUT2D eigenvalue weighted by Gasteiger charge is 2.35. The van der Waals surface area contributed by atoms with Crippen LogP contribution in [-0.2, 0) is 16.1 Å². The van der Waals surface area contributed by atoms with Crippen molar-refractivity contribution in [1.29, 1.82) is 5.26 Å². The van der Waals surface area contributed by atoms with Crippen molar-refractivity contribution in [3.63, 3.8) is 0 Å². The number of rotatable bonds is 5. The molecule has 1 amide bonds. The molecule has 4 rings (SSSR count). The van der Waals surface area contributed by atoms with Crippen LogP contribution in [-0.4, -0.2) is 23.3 Å². The number of ether oxygens (including phenoxy) is 1. The summed E-state index contributed by atoms with van der Waals surface area (Å²) in [5, 5.41) is 8.88. The molecular formula is C23H18N2O4. The summed E-state index contributed by atoms with van der Waals surface area (Å²) >= 11 is 0. The largest absolute Gasteiger partial charge is 0.467 e. The quantitative estimate of drug-likeness (QED) is 0.492. The van der Waals surface area contributed by atoms with Crippen LogP contribution in [0.25, 0.3) is 11.1 Å². The molecule has 1 unspecified atom stereocenters. The van der Waals surface area contributed by atoms with Gasteiger partial charge in [0.2, 0.25) is 5.91 Å². The van der Waals surface area contributed by atoms with Gasteiger partial charge < -0.3 is 14.1 Å². The van der Waals surface area contributed by atoms with E-state index >= 15 is 0 Å². The topological polar surface area (TPSA) is 83.5 Å². The molecule has 2 aromatic carbocycles. The number of esters is 1. The van der Waals surface area contributed by atoms with E-state index in [0.29, 0.717) is 30.2 Å². The summed E-state index contributed by atoms with van der Waals surface area (Å²) in [5.41, 5.74) is 2.53. The van der Waals surface area contributed by atoms with Crippen LogP contribution in [0, 0.1) is 17.2 Å². The minimum Gasteiger partial charge on any atom is -0.467 e. The van der Waals surface area contributed by atoms with Gasteiger partial charge in [-0.1, -0.05) is 24.3 Å². The molecule has 0 radical (unpaired) electrons. The maximum atomic E-state index is 12.5. The van der Waals surface area contributed by atoms with E-state index in [0.717, 1.165) is 11.1 Å². The second-order valence-corrected chi connectivity index (χ2v) is 6.89. The molecule has 6 heteroatoms. The molecule has 6 nitrogen and oxygen atoms in total. The minimum absolute atomic E-state index is 0.0838. The molecule has 0 saturated carbocycles. The minimum atomic E-state index is -0.490. The molecule has 144 valence electrons. The lowest BCUT2D eigenvalue weighted by molar-refractivity contribution is -0.139. The first-order chi connectivity index (χ1) is 14.1. The highest BCUT2D eigenvalue weighted by atomic mass is 16.5. The van der Waals surface area contributed by atoms with Crippen molar-refractivity contribution >= 4 is 11.9 Å². The SMILES string of the molecule is N#Cc1ccc(-c2ccc(OC(=O)C3CC(=O)N(Cc4ccco4)C3)cc2)cc1. The summed E-state index contributed by atoms with van der Waals surface area (Å²) in [6.07, 6.45) is 1.70. The Morgan fingerprint density at radius 2 is 1.79 bits per heavy atom. The average Bonchev–Trinajstić information content (AvgIpc) is 3.39. The van der Waals surface area contributed by atoms with Crippen LogP contribution in [0.3, 0.4) is 0 Å². The van der Waals surface area contributed by atoms with Gasteiger partial charge in [0.15, 0.2) is 0 Å². The zero-order valence-corrected chi connectivity index (χ0v) is 15.6. The lowest BCUT2D eigenvalue weighted by Crippen LogP contribution is -2.27. The summed E-state index contributed by atoms with van der Waals surface area (Å²) in [6.45, 7) is 0.677. The fourth-order valence-electron chi connectivity index (χ4n) is 3.33. The fraction of sp³-hybridized carbons (Fsp3) is 0.174. The van der Waals surface area contributed by atoms with Gasteiger partial charge in [0.25, 0.3) is 0 Å². The van der Waals surface area contributed by atoms with E-state index < -0.39 is 11.9 Å². The van der Waals surface area contributed by atoms with Gasteiger partial charge in [-0.2, -0.15) is 5.26 Å². The molecule has 1 aromatic heterocycles. The van der Waals surface area contributed by atoms with Gasteiger partial charge in [0.1, 0.15) is 11.5 Å². The number of hydrogen-bond acceptors (Lipinski definition) is 5. The molecule has 1 aliphatic heterocycles. The Hall–Kier alpha value is -3.85. The molecule has 0 bridgehead atoms. The van der Waals surface area contributed by atoms with E-state index in [2.05, 4.69) is 6.07 Å². The lowest BCUT2D eigenvalue weighted by atomic mass is 10.0. The number of carbonyl (C=O) groups is 2. The van der Waals surface area contributed by atoms with Crippen LogP contribution in [0.4, 0.5) is 0 Å². The molecule has 0 N–H and O–H groups in total. The molecule has 1 saturated heterocycles. The Bertz CT molecular complexity index is 1050. The Morgan fingerprint density at radius 3 is 2.41 bits per heavy atom. The number of nitriles is 1. The van der Waals surface area contributed by atoms with E-state index in [1.165, 1.54) is 0 Å². The Morgan fingerprint density at radius 1 is 1.10 bits per heavy atom. The maximum absolute atomic E-state index is 12.5. The molecule has 29 heavy (non-hydrogen) atoms. The molecular weight excluding hydrogens is 368 g/mol. The number of nitrogens with zero attached hydrogens (tertiary/aromatic N) is 2. The second kappa shape index (κ2) is 8.03. The molecule has 1 aliphatic rings. The summed E-state index contributed by atoms with van der Waals surface area (Å²) in [4.78, 5) is 26.3. The van der Waals surface area contributed by atoms with E-state index in [1.54, 1.807) is 47.6 Å². The van der Waals surface area contributed by atoms with Gasteiger partial charge in [0, 0.05) is 13.0 Å². The highest BCUT2D eigenvalue weighted by Crippen LogP contribution is 2.25. The molecule has 1 fully saturated rings. The van der Waals surface area contributed by atoms with Gasteiger partial charge in [-0.25, -0.2) is 0 Å². The van der Waals surface area contributed by atoms with Crippen molar-refractivity contribution < 1.29 is 18.7 Å². The van der Waals surface area contributed by atoms with Crippen molar-refractivity contribution in [1.82, 2.24) is 4.90 Å². The zero-order valence-electron chi connectivity index (χ0n) is 15.6. The smallest absolute Gasteiger partial charge is 0.316 e. The third-order valence-corrected chi connectivity index (χ3v) is 4.89. The van der Waals surface area contributed by atoms with Crippen LogP contribution in [0.5, 0.6) is 5.75 Å². The predicted molar refractivity (Wildman–Crippen MR) is 104 cm³/mol. The first-order valence-corrected chi connectivity index (χ1v) is 9.25. The zero-order chi connectivity index (χ0) is 20.2. The first-order valence-electron chi connectivity index (χ1n) is 9.25. The highest BCUT2D eigenvalue weighted by molar-refractivity contribution is 5.87. The predicted octanol–water partition coefficient (Wildman–Crippen LogP) is 3.77. The Balaban J connectivity index is 1.37. The molecule has 0 spiro atoms. The van der Waals surface area contributed by atoms with Crippen LogP contribution >= 0.6 is 0 Å². The van der Waals surface area contributed by atoms with Gasteiger partial charge in [-0.15, -0.1) is 0 Å². The van der Waals surface area contributed by atoms with E-state index in [1.807, 2.05) is 24.3 Å². The number of carbonyl (C=O) groups excluding carboxylic acids is 2. The van der Waals surface area contributed by atoms with Gasteiger partial charge in [-0.05, 0) is 47.5 Å². The van der Waals surface area contributed by atoms with E-state index in [9.17, 15) is 9.59 Å². The van der Waals surface area contributed by atoms with E-state index in [-0.39, 0.29) is 12.3 Å². The lowest BCUT2D eigenvalue weighted by Gasteiger charge is -2.14. The standard InChI is InChI=1S/C23H18N2O4/c24-13-16-3-5-17(6-4-16)18-7-9-20(10-8-18)29-23(27)19-12-22(26)25(14-19)15-21-2-1-11-28-21/h1-11,19H,12,14-15H2. The molecule has 2 heterocycles. The summed E-state index contributed by atoms with van der Waals surface area (Å²) in [7, 11) is 0. The van der Waals surface area contributed by atoms with Crippen LogP contribution in [0.2, 0.25) is 0 Å². The normalized spacial score (nSPS) is 15.9. The van der Waals surface area contributed by atoms with Crippen LogP contribution < -0.4 is 4.74 Å². The van der Waals surface area contributed by atoms with Crippen molar-refractivity contribution in [3.05, 3.63) is 78.3 Å². The van der Waals surface area contributed by atoms with Gasteiger partial charge >= 0.3 is 5.97 Å². The Kier molecular flexibility index (Phi) is 5.12. The summed E-state index contributed by atoms with van der Waals surface area (Å²) in [5.74, 6) is 0.136. The number of furan rings is 1.